The minimum atomic E-state index is -0.299. The van der Waals surface area contributed by atoms with E-state index in [1.807, 2.05) is 25.5 Å². The van der Waals surface area contributed by atoms with Crippen molar-refractivity contribution in [3.63, 3.8) is 0 Å². The van der Waals surface area contributed by atoms with Crippen molar-refractivity contribution in [3.05, 3.63) is 34.2 Å². The third-order valence-electron chi connectivity index (χ3n) is 2.80. The van der Waals surface area contributed by atoms with Gasteiger partial charge in [-0.1, -0.05) is 0 Å². The second kappa shape index (κ2) is 5.21. The van der Waals surface area contributed by atoms with Crippen molar-refractivity contribution in [1.82, 2.24) is 9.78 Å². The molecule has 0 amide bonds. The number of aromatic nitrogens is 2. The number of nitrogens with one attached hydrogen (secondary N) is 1. The number of rotatable bonds is 3. The fourth-order valence-electron chi connectivity index (χ4n) is 1.77. The molecular formula is C13H16BrFN4. The van der Waals surface area contributed by atoms with Crippen LogP contribution in [0.4, 0.5) is 21.6 Å². The molecule has 0 aliphatic carbocycles. The molecule has 0 saturated heterocycles. The molecule has 0 unspecified atom stereocenters. The lowest BCUT2D eigenvalue weighted by Crippen LogP contribution is -2.08. The number of anilines is 3. The van der Waals surface area contributed by atoms with E-state index >= 15 is 0 Å². The number of nitrogens with zero attached hydrogens (tertiary/aromatic N) is 2. The molecule has 2 rings (SSSR count). The number of hydrogen-bond acceptors (Lipinski definition) is 3. The molecule has 0 atom stereocenters. The van der Waals surface area contributed by atoms with Crippen molar-refractivity contribution < 1.29 is 4.39 Å². The van der Waals surface area contributed by atoms with Gasteiger partial charge in [-0.3, -0.25) is 0 Å². The molecule has 1 aromatic heterocycles. The van der Waals surface area contributed by atoms with Crippen LogP contribution in [-0.2, 0) is 0 Å². The first-order valence-electron chi connectivity index (χ1n) is 5.96. The van der Waals surface area contributed by atoms with E-state index in [9.17, 15) is 4.39 Å². The lowest BCUT2D eigenvalue weighted by Gasteiger charge is -2.13. The first kappa shape index (κ1) is 13.9. The predicted octanol–water partition coefficient (Wildman–Crippen LogP) is 4.00. The van der Waals surface area contributed by atoms with Gasteiger partial charge < -0.3 is 11.1 Å². The Labute approximate surface area is 119 Å². The lowest BCUT2D eigenvalue weighted by atomic mass is 10.3. The maximum absolute atomic E-state index is 13.2. The number of hydrogen-bond donors (Lipinski definition) is 2. The highest BCUT2D eigenvalue weighted by atomic mass is 79.9. The second-order valence-corrected chi connectivity index (χ2v) is 5.49. The van der Waals surface area contributed by atoms with Gasteiger partial charge in [0.2, 0.25) is 0 Å². The molecule has 1 heterocycles. The summed E-state index contributed by atoms with van der Waals surface area (Å²) < 4.78 is 15.4. The zero-order valence-electron chi connectivity index (χ0n) is 11.0. The van der Waals surface area contributed by atoms with Gasteiger partial charge in [0.15, 0.2) is 5.82 Å². The second-order valence-electron chi connectivity index (χ2n) is 4.64. The SMILES string of the molecule is Cc1nn(C(C)C)c(Nc2ccc(F)c(Br)c2)c1N. The van der Waals surface area contributed by atoms with Crippen molar-refractivity contribution >= 4 is 33.1 Å². The van der Waals surface area contributed by atoms with E-state index in [0.29, 0.717) is 10.2 Å². The van der Waals surface area contributed by atoms with Crippen molar-refractivity contribution in [2.45, 2.75) is 26.8 Å². The summed E-state index contributed by atoms with van der Waals surface area (Å²) >= 11 is 3.16. The van der Waals surface area contributed by atoms with Gasteiger partial charge in [-0.05, 0) is 54.9 Å². The third-order valence-corrected chi connectivity index (χ3v) is 3.41. The molecule has 0 spiro atoms. The highest BCUT2D eigenvalue weighted by molar-refractivity contribution is 9.10. The molecule has 0 fully saturated rings. The average molecular weight is 327 g/mol. The van der Waals surface area contributed by atoms with E-state index in [1.54, 1.807) is 12.1 Å². The van der Waals surface area contributed by atoms with Crippen LogP contribution in [0, 0.1) is 12.7 Å². The first-order chi connectivity index (χ1) is 8.90. The van der Waals surface area contributed by atoms with Crippen LogP contribution >= 0.6 is 15.9 Å². The molecule has 4 nitrogen and oxygen atoms in total. The topological polar surface area (TPSA) is 55.9 Å². The minimum absolute atomic E-state index is 0.183. The van der Waals surface area contributed by atoms with Crippen LogP contribution in [0.15, 0.2) is 22.7 Å². The Balaban J connectivity index is 2.40. The van der Waals surface area contributed by atoms with Gasteiger partial charge >= 0.3 is 0 Å². The smallest absolute Gasteiger partial charge is 0.152 e. The fraction of sp³-hybridized carbons (Fsp3) is 0.308. The largest absolute Gasteiger partial charge is 0.394 e. The summed E-state index contributed by atoms with van der Waals surface area (Å²) in [4.78, 5) is 0. The summed E-state index contributed by atoms with van der Waals surface area (Å²) in [6, 6.07) is 4.90. The molecule has 19 heavy (non-hydrogen) atoms. The molecule has 0 radical (unpaired) electrons. The molecule has 0 aliphatic heterocycles. The van der Waals surface area contributed by atoms with Crippen LogP contribution < -0.4 is 11.1 Å². The summed E-state index contributed by atoms with van der Waals surface area (Å²) in [5.74, 6) is 0.429. The van der Waals surface area contributed by atoms with Crippen molar-refractivity contribution in [2.75, 3.05) is 11.1 Å². The van der Waals surface area contributed by atoms with Gasteiger partial charge in [0.05, 0.1) is 15.9 Å². The molecule has 0 aliphatic rings. The number of halogens is 2. The molecular weight excluding hydrogens is 311 g/mol. The quantitative estimate of drug-likeness (QED) is 0.896. The van der Waals surface area contributed by atoms with Crippen molar-refractivity contribution in [2.24, 2.45) is 0 Å². The average Bonchev–Trinajstić information content (AvgIpc) is 2.62. The van der Waals surface area contributed by atoms with Crippen molar-refractivity contribution in [1.29, 1.82) is 0 Å². The number of nitrogen functional groups attached to an aromatic ring is 1. The Morgan fingerprint density at radius 1 is 1.42 bits per heavy atom. The van der Waals surface area contributed by atoms with Gasteiger partial charge in [0, 0.05) is 11.7 Å². The summed E-state index contributed by atoms with van der Waals surface area (Å²) in [6.45, 7) is 5.91. The van der Waals surface area contributed by atoms with Gasteiger partial charge in [0.25, 0.3) is 0 Å². The number of benzene rings is 1. The Hall–Kier alpha value is -1.56. The number of nitrogens with two attached hydrogens (primary N) is 1. The van der Waals surface area contributed by atoms with Crippen LogP contribution in [0.2, 0.25) is 0 Å². The van der Waals surface area contributed by atoms with E-state index in [-0.39, 0.29) is 11.9 Å². The van der Waals surface area contributed by atoms with Gasteiger partial charge in [-0.15, -0.1) is 0 Å². The van der Waals surface area contributed by atoms with Crippen LogP contribution in [0.5, 0.6) is 0 Å². The van der Waals surface area contributed by atoms with Crippen LogP contribution in [0.25, 0.3) is 0 Å². The van der Waals surface area contributed by atoms with Crippen LogP contribution in [0.1, 0.15) is 25.6 Å². The Morgan fingerprint density at radius 2 is 2.11 bits per heavy atom. The molecule has 2 aromatic rings. The summed E-state index contributed by atoms with van der Waals surface area (Å²) in [5.41, 5.74) is 8.16. The zero-order chi connectivity index (χ0) is 14.2. The third kappa shape index (κ3) is 2.73. The minimum Gasteiger partial charge on any atom is -0.394 e. The molecule has 0 bridgehead atoms. The Kier molecular flexibility index (Phi) is 3.80. The van der Waals surface area contributed by atoms with Crippen molar-refractivity contribution in [3.8, 4) is 0 Å². The molecule has 3 N–H and O–H groups in total. The first-order valence-corrected chi connectivity index (χ1v) is 6.76. The zero-order valence-corrected chi connectivity index (χ0v) is 12.6. The van der Waals surface area contributed by atoms with Gasteiger partial charge in [-0.2, -0.15) is 5.10 Å². The predicted molar refractivity (Wildman–Crippen MR) is 79.1 cm³/mol. The highest BCUT2D eigenvalue weighted by Crippen LogP contribution is 2.30. The molecule has 6 heteroatoms. The van der Waals surface area contributed by atoms with E-state index in [1.165, 1.54) is 6.07 Å². The summed E-state index contributed by atoms with van der Waals surface area (Å²) in [6.07, 6.45) is 0. The van der Waals surface area contributed by atoms with E-state index in [4.69, 9.17) is 5.73 Å². The van der Waals surface area contributed by atoms with E-state index < -0.39 is 0 Å². The normalized spacial score (nSPS) is 11.1. The molecule has 0 saturated carbocycles. The van der Waals surface area contributed by atoms with E-state index in [0.717, 1.165) is 17.2 Å². The van der Waals surface area contributed by atoms with Gasteiger partial charge in [-0.25, -0.2) is 9.07 Å². The van der Waals surface area contributed by atoms with Gasteiger partial charge in [0.1, 0.15) is 5.82 Å². The molecule has 102 valence electrons. The fourth-order valence-corrected chi connectivity index (χ4v) is 2.15. The number of aryl methyl sites for hydroxylation is 1. The molecule has 1 aromatic carbocycles. The lowest BCUT2D eigenvalue weighted by molar-refractivity contribution is 0.536. The standard InChI is InChI=1S/C13H16BrFN4/c1-7(2)19-13(12(16)8(3)18-19)17-9-4-5-11(15)10(14)6-9/h4-7,17H,16H2,1-3H3. The van der Waals surface area contributed by atoms with E-state index in [2.05, 4.69) is 26.3 Å². The van der Waals surface area contributed by atoms with Crippen LogP contribution in [0.3, 0.4) is 0 Å². The Morgan fingerprint density at radius 3 is 2.68 bits per heavy atom. The monoisotopic (exact) mass is 326 g/mol. The highest BCUT2D eigenvalue weighted by Gasteiger charge is 2.15. The Bertz CT molecular complexity index is 607. The maximum Gasteiger partial charge on any atom is 0.152 e. The summed E-state index contributed by atoms with van der Waals surface area (Å²) in [7, 11) is 0. The maximum atomic E-state index is 13.2. The van der Waals surface area contributed by atoms with Crippen LogP contribution in [-0.4, -0.2) is 9.78 Å². The summed E-state index contributed by atoms with van der Waals surface area (Å²) in [5, 5.41) is 7.58.